The molecule has 4 atom stereocenters. The van der Waals surface area contributed by atoms with Gasteiger partial charge in [0.15, 0.2) is 10.6 Å². The molecule has 40 heavy (non-hydrogen) atoms. The molecule has 5 rings (SSSR count). The standard InChI is InChI=1S/C30H32N4O4S2/c1-3-31-29(36)32-24-11-7-10-23(16-24)28-37-25(18-39-30-34-33-19(2)40-30)26(21-8-5-4-6-9-21)27(38-28)22-14-12-20(17-35)13-15-22/h4-16,25-28,35H,3,17-18H2,1-2H3,(H2,31,32,36). The minimum absolute atomic E-state index is 0.0222. The average molecular weight is 577 g/mol. The second kappa shape index (κ2) is 13.4. The lowest BCUT2D eigenvalue weighted by molar-refractivity contribution is -0.255. The van der Waals surface area contributed by atoms with Gasteiger partial charge >= 0.3 is 6.03 Å². The number of thioether (sulfide) groups is 1. The van der Waals surface area contributed by atoms with Crippen LogP contribution in [0.25, 0.3) is 0 Å². The van der Waals surface area contributed by atoms with Crippen molar-refractivity contribution >= 4 is 34.8 Å². The number of aromatic nitrogens is 2. The normalized spacial score (nSPS) is 20.7. The Balaban J connectivity index is 1.50. The molecule has 8 nitrogen and oxygen atoms in total. The summed E-state index contributed by atoms with van der Waals surface area (Å²) in [6, 6.07) is 25.4. The smallest absolute Gasteiger partial charge is 0.319 e. The second-order valence-electron chi connectivity index (χ2n) is 9.41. The zero-order chi connectivity index (χ0) is 27.9. The zero-order valence-corrected chi connectivity index (χ0v) is 24.0. The Kier molecular flexibility index (Phi) is 9.45. The van der Waals surface area contributed by atoms with Crippen molar-refractivity contribution in [1.82, 2.24) is 15.5 Å². The van der Waals surface area contributed by atoms with Gasteiger partial charge in [-0.05, 0) is 42.7 Å². The molecule has 4 unspecified atom stereocenters. The van der Waals surface area contributed by atoms with Gasteiger partial charge in [-0.3, -0.25) is 0 Å². The summed E-state index contributed by atoms with van der Waals surface area (Å²) in [6.45, 7) is 4.33. The highest BCUT2D eigenvalue weighted by molar-refractivity contribution is 8.01. The molecule has 4 aromatic rings. The molecule has 0 bridgehead atoms. The number of hydrogen-bond acceptors (Lipinski definition) is 8. The Labute approximate surface area is 242 Å². The van der Waals surface area contributed by atoms with Crippen molar-refractivity contribution in [3.8, 4) is 0 Å². The number of hydrogen-bond donors (Lipinski definition) is 3. The van der Waals surface area contributed by atoms with Crippen LogP contribution in [-0.2, 0) is 16.1 Å². The van der Waals surface area contributed by atoms with Crippen molar-refractivity contribution < 1.29 is 19.4 Å². The van der Waals surface area contributed by atoms with E-state index >= 15 is 0 Å². The summed E-state index contributed by atoms with van der Waals surface area (Å²) in [5, 5.41) is 24.6. The van der Waals surface area contributed by atoms with Gasteiger partial charge in [0.25, 0.3) is 0 Å². The van der Waals surface area contributed by atoms with E-state index in [0.29, 0.717) is 18.0 Å². The zero-order valence-electron chi connectivity index (χ0n) is 22.3. The molecule has 10 heteroatoms. The third-order valence-corrected chi connectivity index (χ3v) is 8.66. The Morgan fingerprint density at radius 2 is 1.75 bits per heavy atom. The van der Waals surface area contributed by atoms with Crippen LogP contribution in [0.2, 0.25) is 0 Å². The van der Waals surface area contributed by atoms with Crippen molar-refractivity contribution in [3.63, 3.8) is 0 Å². The summed E-state index contributed by atoms with van der Waals surface area (Å²) in [6.07, 6.45) is -1.21. The van der Waals surface area contributed by atoms with Gasteiger partial charge in [-0.25, -0.2) is 4.79 Å². The molecular formula is C30H32N4O4S2. The molecule has 1 aromatic heterocycles. The topological polar surface area (TPSA) is 106 Å². The Morgan fingerprint density at radius 3 is 2.45 bits per heavy atom. The number of rotatable bonds is 9. The van der Waals surface area contributed by atoms with Crippen LogP contribution in [0.4, 0.5) is 10.5 Å². The maximum atomic E-state index is 12.1. The number of amides is 2. The fourth-order valence-electron chi connectivity index (χ4n) is 4.74. The molecule has 1 aliphatic heterocycles. The SMILES string of the molecule is CCNC(=O)Nc1cccc(C2OC(CSc3nnc(C)s3)C(c3ccccc3)C(c3ccc(CO)cc3)O2)c1. The third-order valence-electron chi connectivity index (χ3n) is 6.60. The molecule has 0 radical (unpaired) electrons. The Bertz CT molecular complexity index is 1400. The maximum absolute atomic E-state index is 12.1. The van der Waals surface area contributed by atoms with E-state index in [1.807, 2.05) is 80.6 Å². The minimum Gasteiger partial charge on any atom is -0.392 e. The molecule has 2 heterocycles. The van der Waals surface area contributed by atoms with Gasteiger partial charge in [-0.15, -0.1) is 10.2 Å². The predicted molar refractivity (Wildman–Crippen MR) is 157 cm³/mol. The van der Waals surface area contributed by atoms with Crippen molar-refractivity contribution in [1.29, 1.82) is 0 Å². The number of nitrogens with zero attached hydrogens (tertiary/aromatic N) is 2. The number of aliphatic hydroxyl groups excluding tert-OH is 1. The van der Waals surface area contributed by atoms with Crippen LogP contribution in [0.5, 0.6) is 0 Å². The number of ether oxygens (including phenoxy) is 2. The molecule has 0 aliphatic carbocycles. The molecule has 1 fully saturated rings. The Morgan fingerprint density at radius 1 is 0.975 bits per heavy atom. The van der Waals surface area contributed by atoms with E-state index in [2.05, 4.69) is 33.0 Å². The lowest BCUT2D eigenvalue weighted by Gasteiger charge is -2.43. The van der Waals surface area contributed by atoms with Crippen LogP contribution >= 0.6 is 23.1 Å². The minimum atomic E-state index is -0.666. The summed E-state index contributed by atoms with van der Waals surface area (Å²) in [7, 11) is 0. The molecule has 3 N–H and O–H groups in total. The fourth-order valence-corrected chi connectivity index (χ4v) is 6.65. The van der Waals surface area contributed by atoms with Crippen molar-refractivity contribution in [3.05, 3.63) is 106 Å². The highest BCUT2D eigenvalue weighted by Gasteiger charge is 2.42. The molecule has 3 aromatic carbocycles. The summed E-state index contributed by atoms with van der Waals surface area (Å²) in [5.74, 6) is 0.548. The number of benzene rings is 3. The first kappa shape index (κ1) is 28.3. The summed E-state index contributed by atoms with van der Waals surface area (Å²) < 4.78 is 14.4. The van der Waals surface area contributed by atoms with Crippen LogP contribution in [-0.4, -0.2) is 39.7 Å². The van der Waals surface area contributed by atoms with Crippen LogP contribution in [0, 0.1) is 6.92 Å². The van der Waals surface area contributed by atoms with Crippen LogP contribution < -0.4 is 10.6 Å². The molecule has 208 valence electrons. The first-order valence-corrected chi connectivity index (χ1v) is 15.0. The van der Waals surface area contributed by atoms with Gasteiger partial charge in [0.05, 0.1) is 18.8 Å². The van der Waals surface area contributed by atoms with E-state index in [0.717, 1.165) is 31.6 Å². The predicted octanol–water partition coefficient (Wildman–Crippen LogP) is 6.21. The quantitative estimate of drug-likeness (QED) is 0.203. The number of carbonyl (C=O) groups excluding carboxylic acids is 1. The van der Waals surface area contributed by atoms with Crippen molar-refractivity contribution in [2.45, 2.75) is 49.2 Å². The lowest BCUT2D eigenvalue weighted by Crippen LogP contribution is -2.38. The number of urea groups is 1. The Hall–Kier alpha value is -3.28. The van der Waals surface area contributed by atoms with Gasteiger partial charge in [0, 0.05) is 29.5 Å². The second-order valence-corrected chi connectivity index (χ2v) is 11.9. The van der Waals surface area contributed by atoms with E-state index < -0.39 is 6.29 Å². The van der Waals surface area contributed by atoms with E-state index in [1.165, 1.54) is 0 Å². The third kappa shape index (κ3) is 6.89. The summed E-state index contributed by atoms with van der Waals surface area (Å²) >= 11 is 3.20. The molecular weight excluding hydrogens is 544 g/mol. The number of carbonyl (C=O) groups is 1. The first-order chi connectivity index (χ1) is 19.5. The molecule has 0 spiro atoms. The van der Waals surface area contributed by atoms with Crippen LogP contribution in [0.3, 0.4) is 0 Å². The lowest BCUT2D eigenvalue weighted by atomic mass is 9.84. The average Bonchev–Trinajstić information content (AvgIpc) is 3.41. The monoisotopic (exact) mass is 576 g/mol. The molecule has 1 aliphatic rings. The highest BCUT2D eigenvalue weighted by atomic mass is 32.2. The van der Waals surface area contributed by atoms with Crippen LogP contribution in [0.15, 0.2) is 83.2 Å². The summed E-state index contributed by atoms with van der Waals surface area (Å²) in [5.41, 5.74) is 4.41. The van der Waals surface area contributed by atoms with Crippen LogP contribution in [0.1, 0.15) is 52.5 Å². The molecule has 1 saturated heterocycles. The number of aliphatic hydroxyl groups is 1. The fraction of sp³-hybridized carbons (Fsp3) is 0.300. The number of nitrogens with one attached hydrogen (secondary N) is 2. The van der Waals surface area contributed by atoms with E-state index in [9.17, 15) is 9.90 Å². The van der Waals surface area contributed by atoms with Gasteiger partial charge in [-0.1, -0.05) is 89.8 Å². The van der Waals surface area contributed by atoms with Gasteiger partial charge in [0.2, 0.25) is 0 Å². The highest BCUT2D eigenvalue weighted by Crippen LogP contribution is 2.48. The van der Waals surface area contributed by atoms with Gasteiger partial charge in [-0.2, -0.15) is 0 Å². The largest absolute Gasteiger partial charge is 0.392 e. The molecule has 0 saturated carbocycles. The van der Waals surface area contributed by atoms with Gasteiger partial charge in [0.1, 0.15) is 5.01 Å². The summed E-state index contributed by atoms with van der Waals surface area (Å²) in [4.78, 5) is 12.1. The number of aryl methyl sites for hydroxylation is 1. The number of anilines is 1. The van der Waals surface area contributed by atoms with E-state index in [1.54, 1.807) is 23.1 Å². The van der Waals surface area contributed by atoms with E-state index in [4.69, 9.17) is 9.47 Å². The molecule has 2 amide bonds. The maximum Gasteiger partial charge on any atom is 0.319 e. The first-order valence-electron chi connectivity index (χ1n) is 13.2. The van der Waals surface area contributed by atoms with Crippen molar-refractivity contribution in [2.24, 2.45) is 0 Å². The van der Waals surface area contributed by atoms with Gasteiger partial charge < -0.3 is 25.2 Å². The van der Waals surface area contributed by atoms with E-state index in [-0.39, 0.29) is 30.8 Å². The van der Waals surface area contributed by atoms with Crippen molar-refractivity contribution in [2.75, 3.05) is 17.6 Å².